The van der Waals surface area contributed by atoms with E-state index >= 15 is 0 Å². The molecule has 1 saturated carbocycles. The van der Waals surface area contributed by atoms with Crippen molar-refractivity contribution in [2.75, 3.05) is 0 Å². The summed E-state index contributed by atoms with van der Waals surface area (Å²) in [5.74, 6) is 0.756. The number of aromatic nitrogens is 2. The van der Waals surface area contributed by atoms with Crippen LogP contribution in [0.4, 0.5) is 0 Å². The molecule has 1 aliphatic rings. The largest absolute Gasteiger partial charge is 0.328 e. The van der Waals surface area contributed by atoms with Crippen molar-refractivity contribution in [1.82, 2.24) is 9.97 Å². The van der Waals surface area contributed by atoms with Gasteiger partial charge in [0.25, 0.3) is 0 Å². The Morgan fingerprint density at radius 2 is 1.79 bits per heavy atom. The Bertz CT molecular complexity index is 290. The van der Waals surface area contributed by atoms with Gasteiger partial charge in [-0.1, -0.05) is 0 Å². The summed E-state index contributed by atoms with van der Waals surface area (Å²) in [7, 11) is 0. The topological polar surface area (TPSA) is 77.8 Å². The van der Waals surface area contributed by atoms with E-state index in [1.165, 1.54) is 0 Å². The van der Waals surface area contributed by atoms with Gasteiger partial charge in [0.2, 0.25) is 0 Å². The van der Waals surface area contributed by atoms with Gasteiger partial charge in [0.15, 0.2) is 0 Å². The lowest BCUT2D eigenvalue weighted by molar-refractivity contribution is 0.264. The standard InChI is InChI=1S/C10H16N4/c11-8-2-4-10(12,5-3-8)9-13-6-1-7-14-9/h1,6-8H,2-5,11-12H2. The monoisotopic (exact) mass is 192 g/mol. The molecule has 1 fully saturated rings. The fraction of sp³-hybridized carbons (Fsp3) is 0.600. The Balaban J connectivity index is 2.17. The molecule has 0 aromatic carbocycles. The van der Waals surface area contributed by atoms with Gasteiger partial charge in [0.1, 0.15) is 5.82 Å². The molecule has 0 atom stereocenters. The SMILES string of the molecule is NC1CCC(N)(c2ncccn2)CC1. The van der Waals surface area contributed by atoms with Crippen LogP contribution in [0.2, 0.25) is 0 Å². The molecule has 0 bridgehead atoms. The molecular formula is C10H16N4. The molecule has 2 rings (SSSR count). The average Bonchev–Trinajstić information content (AvgIpc) is 2.24. The second kappa shape index (κ2) is 3.63. The summed E-state index contributed by atoms with van der Waals surface area (Å²) in [4.78, 5) is 8.44. The maximum absolute atomic E-state index is 6.26. The summed E-state index contributed by atoms with van der Waals surface area (Å²) in [6, 6.07) is 2.11. The number of nitrogens with zero attached hydrogens (tertiary/aromatic N) is 2. The van der Waals surface area contributed by atoms with E-state index in [-0.39, 0.29) is 5.54 Å². The highest BCUT2D eigenvalue weighted by molar-refractivity contribution is 5.07. The van der Waals surface area contributed by atoms with Crippen molar-refractivity contribution in [2.24, 2.45) is 11.5 Å². The lowest BCUT2D eigenvalue weighted by Crippen LogP contribution is -2.44. The van der Waals surface area contributed by atoms with Crippen molar-refractivity contribution in [2.45, 2.75) is 37.3 Å². The molecule has 14 heavy (non-hydrogen) atoms. The summed E-state index contributed by atoms with van der Waals surface area (Å²) >= 11 is 0. The summed E-state index contributed by atoms with van der Waals surface area (Å²) < 4.78 is 0. The maximum atomic E-state index is 6.26. The molecule has 0 spiro atoms. The zero-order valence-corrected chi connectivity index (χ0v) is 8.19. The average molecular weight is 192 g/mol. The van der Waals surface area contributed by atoms with Crippen LogP contribution in [-0.2, 0) is 5.54 Å². The van der Waals surface area contributed by atoms with Gasteiger partial charge >= 0.3 is 0 Å². The lowest BCUT2D eigenvalue weighted by atomic mass is 9.80. The van der Waals surface area contributed by atoms with Crippen LogP contribution in [0.1, 0.15) is 31.5 Å². The van der Waals surface area contributed by atoms with Gasteiger partial charge in [-0.2, -0.15) is 0 Å². The molecule has 0 aliphatic heterocycles. The van der Waals surface area contributed by atoms with E-state index in [0.29, 0.717) is 6.04 Å². The van der Waals surface area contributed by atoms with E-state index in [1.807, 2.05) is 0 Å². The predicted molar refractivity (Wildman–Crippen MR) is 54.3 cm³/mol. The van der Waals surface area contributed by atoms with Crippen LogP contribution in [-0.4, -0.2) is 16.0 Å². The quantitative estimate of drug-likeness (QED) is 0.680. The van der Waals surface area contributed by atoms with E-state index in [4.69, 9.17) is 11.5 Å². The van der Waals surface area contributed by atoms with E-state index in [1.54, 1.807) is 18.5 Å². The fourth-order valence-electron chi connectivity index (χ4n) is 1.94. The molecule has 1 aromatic rings. The van der Waals surface area contributed by atoms with E-state index in [0.717, 1.165) is 31.5 Å². The first-order valence-corrected chi connectivity index (χ1v) is 5.03. The van der Waals surface area contributed by atoms with Gasteiger partial charge in [-0.25, -0.2) is 9.97 Å². The van der Waals surface area contributed by atoms with Crippen LogP contribution < -0.4 is 11.5 Å². The summed E-state index contributed by atoms with van der Waals surface area (Å²) in [5.41, 5.74) is 11.7. The normalized spacial score (nSPS) is 32.9. The van der Waals surface area contributed by atoms with Crippen molar-refractivity contribution >= 4 is 0 Å². The molecule has 76 valence electrons. The minimum absolute atomic E-state index is 0.301. The maximum Gasteiger partial charge on any atom is 0.147 e. The number of hydrogen-bond donors (Lipinski definition) is 2. The Labute approximate surface area is 83.7 Å². The number of rotatable bonds is 1. The van der Waals surface area contributed by atoms with Crippen molar-refractivity contribution in [3.63, 3.8) is 0 Å². The summed E-state index contributed by atoms with van der Waals surface area (Å²) in [6.45, 7) is 0. The molecule has 0 unspecified atom stereocenters. The Morgan fingerprint density at radius 3 is 2.36 bits per heavy atom. The highest BCUT2D eigenvalue weighted by Crippen LogP contribution is 2.31. The third-order valence-electron chi connectivity index (χ3n) is 2.93. The molecule has 1 heterocycles. The zero-order valence-electron chi connectivity index (χ0n) is 8.19. The minimum atomic E-state index is -0.350. The van der Waals surface area contributed by atoms with Crippen LogP contribution in [0.25, 0.3) is 0 Å². The molecule has 4 heteroatoms. The first kappa shape index (κ1) is 9.55. The van der Waals surface area contributed by atoms with Crippen LogP contribution in [0.5, 0.6) is 0 Å². The van der Waals surface area contributed by atoms with Crippen LogP contribution in [0, 0.1) is 0 Å². The zero-order chi connectivity index (χ0) is 10.0. The fourth-order valence-corrected chi connectivity index (χ4v) is 1.94. The van der Waals surface area contributed by atoms with E-state index in [9.17, 15) is 0 Å². The highest BCUT2D eigenvalue weighted by atomic mass is 15.0. The summed E-state index contributed by atoms with van der Waals surface area (Å²) in [5, 5.41) is 0. The minimum Gasteiger partial charge on any atom is -0.328 e. The van der Waals surface area contributed by atoms with Crippen LogP contribution in [0.3, 0.4) is 0 Å². The van der Waals surface area contributed by atoms with Crippen molar-refractivity contribution in [1.29, 1.82) is 0 Å². The Hall–Kier alpha value is -1.00. The number of nitrogens with two attached hydrogens (primary N) is 2. The van der Waals surface area contributed by atoms with Gasteiger partial charge in [-0.3, -0.25) is 0 Å². The predicted octanol–water partition coefficient (Wildman–Crippen LogP) is 0.532. The third-order valence-corrected chi connectivity index (χ3v) is 2.93. The molecule has 0 radical (unpaired) electrons. The number of hydrogen-bond acceptors (Lipinski definition) is 4. The van der Waals surface area contributed by atoms with Gasteiger partial charge in [-0.05, 0) is 31.7 Å². The van der Waals surface area contributed by atoms with Gasteiger partial charge in [0, 0.05) is 18.4 Å². The van der Waals surface area contributed by atoms with Gasteiger partial charge in [-0.15, -0.1) is 0 Å². The van der Waals surface area contributed by atoms with Gasteiger partial charge in [0.05, 0.1) is 5.54 Å². The smallest absolute Gasteiger partial charge is 0.147 e. The Kier molecular flexibility index (Phi) is 2.48. The van der Waals surface area contributed by atoms with Crippen molar-refractivity contribution in [3.05, 3.63) is 24.3 Å². The highest BCUT2D eigenvalue weighted by Gasteiger charge is 2.34. The van der Waals surface area contributed by atoms with E-state index < -0.39 is 0 Å². The van der Waals surface area contributed by atoms with Crippen molar-refractivity contribution < 1.29 is 0 Å². The van der Waals surface area contributed by atoms with Gasteiger partial charge < -0.3 is 11.5 Å². The molecule has 4 N–H and O–H groups in total. The first-order chi connectivity index (χ1) is 6.71. The molecule has 0 saturated heterocycles. The molecule has 0 amide bonds. The first-order valence-electron chi connectivity index (χ1n) is 5.03. The second-order valence-electron chi connectivity index (χ2n) is 4.07. The second-order valence-corrected chi connectivity index (χ2v) is 4.07. The molecule has 4 nitrogen and oxygen atoms in total. The van der Waals surface area contributed by atoms with Crippen LogP contribution >= 0.6 is 0 Å². The Morgan fingerprint density at radius 1 is 1.21 bits per heavy atom. The molecule has 1 aromatic heterocycles. The summed E-state index contributed by atoms with van der Waals surface area (Å²) in [6.07, 6.45) is 7.19. The molecule has 1 aliphatic carbocycles. The van der Waals surface area contributed by atoms with Crippen molar-refractivity contribution in [3.8, 4) is 0 Å². The lowest BCUT2D eigenvalue weighted by Gasteiger charge is -2.34. The van der Waals surface area contributed by atoms with E-state index in [2.05, 4.69) is 9.97 Å². The third kappa shape index (κ3) is 1.76. The molecular weight excluding hydrogens is 176 g/mol. The van der Waals surface area contributed by atoms with Crippen LogP contribution in [0.15, 0.2) is 18.5 Å².